The summed E-state index contributed by atoms with van der Waals surface area (Å²) in [6.45, 7) is 11.2. The van der Waals surface area contributed by atoms with Crippen molar-refractivity contribution in [1.82, 2.24) is 4.90 Å². The molecule has 1 heterocycles. The molecule has 1 saturated heterocycles. The van der Waals surface area contributed by atoms with Gasteiger partial charge in [-0.3, -0.25) is 4.90 Å². The van der Waals surface area contributed by atoms with Gasteiger partial charge >= 0.3 is 0 Å². The summed E-state index contributed by atoms with van der Waals surface area (Å²) in [6, 6.07) is 4.09. The molecule has 0 unspecified atom stereocenters. The minimum Gasteiger partial charge on any atom is -0.507 e. The van der Waals surface area contributed by atoms with Gasteiger partial charge in [-0.1, -0.05) is 12.1 Å². The third kappa shape index (κ3) is 7.71. The molecule has 1 aliphatic heterocycles. The topological polar surface area (TPSA) is 60.4 Å². The number of benzene rings is 1. The molecule has 0 amide bonds. The number of aromatic hydroxyl groups is 1. The summed E-state index contributed by atoms with van der Waals surface area (Å²) >= 11 is 0. The van der Waals surface area contributed by atoms with Gasteiger partial charge in [-0.25, -0.2) is 0 Å². The Morgan fingerprint density at radius 1 is 0.760 bits per heavy atom. The molecule has 0 aliphatic carbocycles. The lowest BCUT2D eigenvalue weighted by Gasteiger charge is -2.23. The van der Waals surface area contributed by atoms with Gasteiger partial charge in [-0.05, 0) is 30.5 Å². The van der Waals surface area contributed by atoms with Crippen LogP contribution in [0.15, 0.2) is 12.1 Å². The van der Waals surface area contributed by atoms with E-state index in [0.717, 1.165) is 30.8 Å². The third-order valence-electron chi connectivity index (χ3n) is 4.18. The van der Waals surface area contributed by atoms with Crippen LogP contribution in [0.2, 0.25) is 0 Å². The summed E-state index contributed by atoms with van der Waals surface area (Å²) in [6.07, 6.45) is 0. The Hall–Kier alpha value is -1.18. The Labute approximate surface area is 150 Å². The van der Waals surface area contributed by atoms with Crippen molar-refractivity contribution in [2.24, 2.45) is 0 Å². The zero-order valence-electron chi connectivity index (χ0n) is 15.5. The van der Waals surface area contributed by atoms with Gasteiger partial charge in [0.25, 0.3) is 0 Å². The molecule has 0 spiro atoms. The molecule has 6 nitrogen and oxygen atoms in total. The number of hydrogen-bond acceptors (Lipinski definition) is 6. The van der Waals surface area contributed by atoms with Gasteiger partial charge in [0.15, 0.2) is 0 Å². The van der Waals surface area contributed by atoms with Crippen LogP contribution in [0, 0.1) is 13.8 Å². The van der Waals surface area contributed by atoms with Crippen molar-refractivity contribution >= 4 is 0 Å². The molecule has 0 saturated carbocycles. The average molecular weight is 353 g/mol. The van der Waals surface area contributed by atoms with Gasteiger partial charge in [0, 0.05) is 19.6 Å². The summed E-state index contributed by atoms with van der Waals surface area (Å²) in [5.41, 5.74) is 3.02. The van der Waals surface area contributed by atoms with E-state index in [1.54, 1.807) is 0 Å². The van der Waals surface area contributed by atoms with Gasteiger partial charge < -0.3 is 24.1 Å². The van der Waals surface area contributed by atoms with E-state index in [-0.39, 0.29) is 0 Å². The van der Waals surface area contributed by atoms with Gasteiger partial charge in [0.2, 0.25) is 0 Å². The first-order chi connectivity index (χ1) is 12.2. The molecule has 0 atom stereocenters. The second kappa shape index (κ2) is 11.4. The van der Waals surface area contributed by atoms with Crippen LogP contribution in [0.1, 0.15) is 16.7 Å². The highest BCUT2D eigenvalue weighted by Crippen LogP contribution is 2.23. The molecule has 2 rings (SSSR count). The quantitative estimate of drug-likeness (QED) is 0.876. The van der Waals surface area contributed by atoms with Crippen molar-refractivity contribution in [3.63, 3.8) is 0 Å². The lowest BCUT2D eigenvalue weighted by atomic mass is 10.1. The van der Waals surface area contributed by atoms with E-state index in [4.69, 9.17) is 18.9 Å². The highest BCUT2D eigenvalue weighted by molar-refractivity contribution is 5.42. The van der Waals surface area contributed by atoms with Crippen molar-refractivity contribution in [1.29, 1.82) is 0 Å². The normalized spacial score (nSPS) is 19.9. The van der Waals surface area contributed by atoms with E-state index in [1.807, 2.05) is 26.0 Å². The van der Waals surface area contributed by atoms with Crippen LogP contribution in [0.25, 0.3) is 0 Å². The first-order valence-corrected chi connectivity index (χ1v) is 8.99. The molecule has 1 aromatic rings. The first kappa shape index (κ1) is 20.1. The summed E-state index contributed by atoms with van der Waals surface area (Å²) in [7, 11) is 0. The fourth-order valence-corrected chi connectivity index (χ4v) is 2.81. The second-order valence-electron chi connectivity index (χ2n) is 6.30. The van der Waals surface area contributed by atoms with Crippen molar-refractivity contribution in [3.05, 3.63) is 28.8 Å². The van der Waals surface area contributed by atoms with Crippen LogP contribution >= 0.6 is 0 Å². The fourth-order valence-electron chi connectivity index (χ4n) is 2.81. The smallest absolute Gasteiger partial charge is 0.121 e. The number of hydrogen-bond donors (Lipinski definition) is 1. The van der Waals surface area contributed by atoms with Crippen molar-refractivity contribution < 1.29 is 24.1 Å². The fraction of sp³-hybridized carbons (Fsp3) is 0.684. The number of nitrogens with zero attached hydrogens (tertiary/aromatic N) is 1. The minimum atomic E-state index is 0.382. The maximum atomic E-state index is 9.94. The third-order valence-corrected chi connectivity index (χ3v) is 4.18. The highest BCUT2D eigenvalue weighted by atomic mass is 16.6. The molecule has 1 fully saturated rings. The second-order valence-corrected chi connectivity index (χ2v) is 6.30. The maximum Gasteiger partial charge on any atom is 0.121 e. The largest absolute Gasteiger partial charge is 0.507 e. The zero-order valence-corrected chi connectivity index (χ0v) is 15.5. The van der Waals surface area contributed by atoms with Gasteiger partial charge in [-0.15, -0.1) is 0 Å². The molecule has 1 aliphatic rings. The van der Waals surface area contributed by atoms with Crippen LogP contribution < -0.4 is 0 Å². The lowest BCUT2D eigenvalue weighted by molar-refractivity contribution is 0.00206. The van der Waals surface area contributed by atoms with Crippen LogP contribution in [-0.4, -0.2) is 76.0 Å². The SMILES string of the molecule is Cc1cc(CN2CCOCCOCCOCCOCC2)cc(C)c1O. The predicted molar refractivity (Wildman–Crippen MR) is 96.1 cm³/mol. The number of phenols is 1. The van der Waals surface area contributed by atoms with Crippen molar-refractivity contribution in [3.8, 4) is 5.75 Å². The molecule has 25 heavy (non-hydrogen) atoms. The molecule has 0 bridgehead atoms. The number of aryl methyl sites for hydroxylation is 2. The highest BCUT2D eigenvalue weighted by Gasteiger charge is 2.10. The van der Waals surface area contributed by atoms with Crippen LogP contribution in [0.5, 0.6) is 5.75 Å². The standard InChI is InChI=1S/C19H31NO5/c1-16-13-18(14-17(2)19(16)21)15-20-3-5-22-7-9-24-11-12-25-10-8-23-6-4-20/h13-14,21H,3-12,15H2,1-2H3. The van der Waals surface area contributed by atoms with E-state index in [1.165, 1.54) is 5.56 Å². The van der Waals surface area contributed by atoms with Crippen LogP contribution in [-0.2, 0) is 25.5 Å². The molecule has 0 aromatic heterocycles. The predicted octanol–water partition coefficient (Wildman–Crippen LogP) is 1.89. The molecule has 6 heteroatoms. The minimum absolute atomic E-state index is 0.382. The Kier molecular flexibility index (Phi) is 9.21. The van der Waals surface area contributed by atoms with Gasteiger partial charge in [0.05, 0.1) is 52.9 Å². The maximum absolute atomic E-state index is 9.94. The zero-order chi connectivity index (χ0) is 17.9. The average Bonchev–Trinajstić information content (AvgIpc) is 2.59. The molecular formula is C19H31NO5. The summed E-state index contributed by atoms with van der Waals surface area (Å²) in [5.74, 6) is 0.382. The molecule has 1 aromatic carbocycles. The van der Waals surface area contributed by atoms with Crippen molar-refractivity contribution in [2.45, 2.75) is 20.4 Å². The van der Waals surface area contributed by atoms with Gasteiger partial charge in [-0.2, -0.15) is 0 Å². The molecule has 1 N–H and O–H groups in total. The van der Waals surface area contributed by atoms with Crippen LogP contribution in [0.3, 0.4) is 0 Å². The number of phenolic OH excluding ortho intramolecular Hbond substituents is 1. The summed E-state index contributed by atoms with van der Waals surface area (Å²) < 4.78 is 22.2. The summed E-state index contributed by atoms with van der Waals surface area (Å²) in [4.78, 5) is 2.31. The van der Waals surface area contributed by atoms with E-state index in [2.05, 4.69) is 4.90 Å². The summed E-state index contributed by atoms with van der Waals surface area (Å²) in [5, 5.41) is 9.94. The Morgan fingerprint density at radius 3 is 1.60 bits per heavy atom. The number of rotatable bonds is 2. The molecular weight excluding hydrogens is 322 g/mol. The number of ether oxygens (including phenoxy) is 4. The van der Waals surface area contributed by atoms with E-state index in [9.17, 15) is 5.11 Å². The van der Waals surface area contributed by atoms with Crippen molar-refractivity contribution in [2.75, 3.05) is 65.9 Å². The van der Waals surface area contributed by atoms with E-state index < -0.39 is 0 Å². The van der Waals surface area contributed by atoms with Gasteiger partial charge in [0.1, 0.15) is 5.75 Å². The first-order valence-electron chi connectivity index (χ1n) is 8.99. The van der Waals surface area contributed by atoms with E-state index in [0.29, 0.717) is 58.6 Å². The van der Waals surface area contributed by atoms with E-state index >= 15 is 0 Å². The molecule has 0 radical (unpaired) electrons. The Morgan fingerprint density at radius 2 is 1.16 bits per heavy atom. The monoisotopic (exact) mass is 353 g/mol. The Bertz CT molecular complexity index is 470. The van der Waals surface area contributed by atoms with Crippen LogP contribution in [0.4, 0.5) is 0 Å². The lowest BCUT2D eigenvalue weighted by Crippen LogP contribution is -2.31. The molecule has 142 valence electrons. The Balaban J connectivity index is 1.90.